The number of halogens is 2. The molecule has 1 aliphatic rings. The first kappa shape index (κ1) is 22.5. The molecular formula is C20H25F2N3O4S. The van der Waals surface area contributed by atoms with Gasteiger partial charge in [0.2, 0.25) is 5.82 Å². The van der Waals surface area contributed by atoms with Gasteiger partial charge < -0.3 is 18.9 Å². The van der Waals surface area contributed by atoms with Crippen LogP contribution in [0.3, 0.4) is 0 Å². The first-order valence-electron chi connectivity index (χ1n) is 9.62. The number of ether oxygens (including phenoxy) is 2. The molecule has 1 fully saturated rings. The largest absolute Gasteiger partial charge is 0.444 e. The van der Waals surface area contributed by atoms with E-state index < -0.39 is 17.2 Å². The Hall–Kier alpha value is -2.20. The lowest BCUT2D eigenvalue weighted by Gasteiger charge is -2.33. The van der Waals surface area contributed by atoms with Crippen LogP contribution in [0, 0.1) is 11.6 Å². The zero-order valence-electron chi connectivity index (χ0n) is 17.4. The highest BCUT2D eigenvalue weighted by molar-refractivity contribution is 7.98. The normalized spacial score (nSPS) is 15.5. The molecule has 0 unspecified atom stereocenters. The van der Waals surface area contributed by atoms with Crippen LogP contribution in [0.2, 0.25) is 0 Å². The monoisotopic (exact) mass is 441 g/mol. The van der Waals surface area contributed by atoms with Crippen LogP contribution in [0.5, 0.6) is 0 Å². The molecule has 2 heterocycles. The molecule has 10 heteroatoms. The van der Waals surface area contributed by atoms with Gasteiger partial charge in [-0.2, -0.15) is 4.98 Å². The first-order chi connectivity index (χ1) is 14.2. The van der Waals surface area contributed by atoms with E-state index in [9.17, 15) is 13.6 Å². The Morgan fingerprint density at radius 2 is 1.90 bits per heavy atom. The third-order valence-electron chi connectivity index (χ3n) is 4.46. The summed E-state index contributed by atoms with van der Waals surface area (Å²) in [5, 5.41) is 3.78. The van der Waals surface area contributed by atoms with Crippen molar-refractivity contribution in [1.29, 1.82) is 0 Å². The Morgan fingerprint density at radius 1 is 1.27 bits per heavy atom. The number of likely N-dealkylation sites (tertiary alicyclic amines) is 1. The molecule has 1 amide bonds. The number of amides is 1. The molecule has 0 spiro atoms. The molecule has 164 valence electrons. The van der Waals surface area contributed by atoms with Crippen LogP contribution in [0.25, 0.3) is 11.4 Å². The van der Waals surface area contributed by atoms with Crippen molar-refractivity contribution >= 4 is 17.9 Å². The molecule has 0 N–H and O–H groups in total. The Labute approximate surface area is 178 Å². The first-order valence-corrected chi connectivity index (χ1v) is 10.8. The fraction of sp³-hybridized carbons (Fsp3) is 0.550. The van der Waals surface area contributed by atoms with E-state index in [-0.39, 0.29) is 41.0 Å². The zero-order valence-corrected chi connectivity index (χ0v) is 18.2. The number of hydrogen-bond donors (Lipinski definition) is 0. The van der Waals surface area contributed by atoms with E-state index in [4.69, 9.17) is 14.0 Å². The van der Waals surface area contributed by atoms with Crippen LogP contribution in [0.15, 0.2) is 21.6 Å². The molecule has 30 heavy (non-hydrogen) atoms. The molecule has 0 aliphatic carbocycles. The maximum atomic E-state index is 14.0. The molecule has 1 aliphatic heterocycles. The van der Waals surface area contributed by atoms with Gasteiger partial charge in [0, 0.05) is 18.7 Å². The summed E-state index contributed by atoms with van der Waals surface area (Å²) in [5.41, 5.74) is -0.329. The summed E-state index contributed by atoms with van der Waals surface area (Å²) in [7, 11) is 0. The number of aromatic nitrogens is 2. The van der Waals surface area contributed by atoms with Crippen LogP contribution < -0.4 is 0 Å². The van der Waals surface area contributed by atoms with Crippen molar-refractivity contribution in [2.75, 3.05) is 19.3 Å². The second-order valence-corrected chi connectivity index (χ2v) is 8.78. The number of piperidine rings is 1. The van der Waals surface area contributed by atoms with E-state index in [0.29, 0.717) is 25.9 Å². The summed E-state index contributed by atoms with van der Waals surface area (Å²) in [5.74, 6) is -1.03. The van der Waals surface area contributed by atoms with E-state index >= 15 is 0 Å². The standard InChI is InChI=1S/C20H25F2N3O4S/c1-20(2,3)28-19(26)25-7-5-13(6-8-25)27-11-16-23-18(24-29-16)12-9-14(21)17(30-4)15(22)10-12/h9-10,13H,5-8,11H2,1-4H3. The molecule has 7 nitrogen and oxygen atoms in total. The molecule has 3 rings (SSSR count). The number of carbonyl (C=O) groups excluding carboxylic acids is 1. The third kappa shape index (κ3) is 5.69. The van der Waals surface area contributed by atoms with Gasteiger partial charge in [-0.1, -0.05) is 5.16 Å². The summed E-state index contributed by atoms with van der Waals surface area (Å²) < 4.78 is 44.3. The van der Waals surface area contributed by atoms with Crippen molar-refractivity contribution in [3.63, 3.8) is 0 Å². The van der Waals surface area contributed by atoms with Crippen LogP contribution >= 0.6 is 11.8 Å². The van der Waals surface area contributed by atoms with E-state index in [1.165, 1.54) is 12.1 Å². The molecule has 0 atom stereocenters. The van der Waals surface area contributed by atoms with Crippen molar-refractivity contribution in [2.45, 2.75) is 56.8 Å². The minimum Gasteiger partial charge on any atom is -0.444 e. The average Bonchev–Trinajstić information content (AvgIpc) is 3.14. The molecular weight excluding hydrogens is 416 g/mol. The Balaban J connectivity index is 1.52. The van der Waals surface area contributed by atoms with Crippen LogP contribution in [-0.4, -0.2) is 52.2 Å². The molecule has 1 aromatic carbocycles. The molecule has 0 saturated carbocycles. The number of rotatable bonds is 5. The Bertz CT molecular complexity index is 869. The van der Waals surface area contributed by atoms with Gasteiger partial charge in [0.1, 0.15) is 23.8 Å². The second kappa shape index (κ2) is 9.30. The van der Waals surface area contributed by atoms with E-state index in [0.717, 1.165) is 11.8 Å². The summed E-state index contributed by atoms with van der Waals surface area (Å²) in [6, 6.07) is 2.35. The maximum Gasteiger partial charge on any atom is 0.410 e. The fourth-order valence-corrected chi connectivity index (χ4v) is 3.54. The van der Waals surface area contributed by atoms with E-state index in [2.05, 4.69) is 10.1 Å². The zero-order chi connectivity index (χ0) is 21.9. The summed E-state index contributed by atoms with van der Waals surface area (Å²) >= 11 is 0.993. The molecule has 0 bridgehead atoms. The lowest BCUT2D eigenvalue weighted by molar-refractivity contribution is -0.0231. The summed E-state index contributed by atoms with van der Waals surface area (Å²) in [4.78, 5) is 17.9. The highest BCUT2D eigenvalue weighted by Gasteiger charge is 2.27. The van der Waals surface area contributed by atoms with Gasteiger partial charge in [0.05, 0.1) is 11.0 Å². The van der Waals surface area contributed by atoms with Crippen LogP contribution in [0.1, 0.15) is 39.5 Å². The minimum atomic E-state index is -0.670. The lowest BCUT2D eigenvalue weighted by Crippen LogP contribution is -2.43. The smallest absolute Gasteiger partial charge is 0.410 e. The van der Waals surface area contributed by atoms with Crippen molar-refractivity contribution < 1.29 is 27.6 Å². The molecule has 1 saturated heterocycles. The average molecular weight is 442 g/mol. The number of thioether (sulfide) groups is 1. The highest BCUT2D eigenvalue weighted by atomic mass is 32.2. The van der Waals surface area contributed by atoms with E-state index in [1.807, 2.05) is 20.8 Å². The number of carbonyl (C=O) groups is 1. The summed E-state index contributed by atoms with van der Waals surface area (Å²) in [6.45, 7) is 6.65. The second-order valence-electron chi connectivity index (χ2n) is 7.96. The quantitative estimate of drug-likeness (QED) is 0.625. The van der Waals surface area contributed by atoms with Crippen LogP contribution in [0.4, 0.5) is 13.6 Å². The van der Waals surface area contributed by atoms with Crippen molar-refractivity contribution in [2.24, 2.45) is 0 Å². The molecule has 1 aromatic heterocycles. The Kier molecular flexibility index (Phi) is 6.97. The van der Waals surface area contributed by atoms with Crippen molar-refractivity contribution in [3.8, 4) is 11.4 Å². The SMILES string of the molecule is CSc1c(F)cc(-c2noc(COC3CCN(C(=O)OC(C)(C)C)CC3)n2)cc1F. The number of hydrogen-bond acceptors (Lipinski definition) is 7. The number of nitrogens with zero attached hydrogens (tertiary/aromatic N) is 3. The predicted octanol–water partition coefficient (Wildman–Crippen LogP) is 4.65. The lowest BCUT2D eigenvalue weighted by atomic mass is 10.1. The summed E-state index contributed by atoms with van der Waals surface area (Å²) in [6.07, 6.45) is 2.53. The van der Waals surface area contributed by atoms with Gasteiger partial charge in [-0.25, -0.2) is 13.6 Å². The van der Waals surface area contributed by atoms with Crippen molar-refractivity contribution in [3.05, 3.63) is 29.7 Å². The maximum absolute atomic E-state index is 14.0. The molecule has 0 radical (unpaired) electrons. The van der Waals surface area contributed by atoms with Crippen LogP contribution in [-0.2, 0) is 16.1 Å². The predicted molar refractivity (Wildman–Crippen MR) is 107 cm³/mol. The van der Waals surface area contributed by atoms with Gasteiger partial charge in [0.25, 0.3) is 5.89 Å². The van der Waals surface area contributed by atoms with Gasteiger partial charge in [-0.05, 0) is 52.0 Å². The van der Waals surface area contributed by atoms with Gasteiger partial charge >= 0.3 is 6.09 Å². The van der Waals surface area contributed by atoms with Gasteiger partial charge in [-0.15, -0.1) is 11.8 Å². The minimum absolute atomic E-state index is 0.0523. The topological polar surface area (TPSA) is 77.7 Å². The van der Waals surface area contributed by atoms with Gasteiger partial charge in [0.15, 0.2) is 0 Å². The fourth-order valence-electron chi connectivity index (χ4n) is 3.04. The Morgan fingerprint density at radius 3 is 2.47 bits per heavy atom. The highest BCUT2D eigenvalue weighted by Crippen LogP contribution is 2.28. The number of benzene rings is 1. The third-order valence-corrected chi connectivity index (χ3v) is 5.26. The van der Waals surface area contributed by atoms with Gasteiger partial charge in [-0.3, -0.25) is 0 Å². The molecule has 2 aromatic rings. The van der Waals surface area contributed by atoms with E-state index in [1.54, 1.807) is 11.2 Å². The van der Waals surface area contributed by atoms with Crippen molar-refractivity contribution in [1.82, 2.24) is 15.0 Å².